The predicted octanol–water partition coefficient (Wildman–Crippen LogP) is -1.50. The van der Waals surface area contributed by atoms with E-state index in [1.807, 2.05) is 32.0 Å². The van der Waals surface area contributed by atoms with Crippen LogP contribution in [0, 0.1) is 13.8 Å². The van der Waals surface area contributed by atoms with Crippen LogP contribution >= 0.6 is 0 Å². The average Bonchev–Trinajstić information content (AvgIpc) is 2.36. The number of benzene rings is 1. The standard InChI is InChI=1S/C9H11NO.C6H8O7.2H2O/c1-6-4-3-5-7(2)8(6)9(10)11;7-3(8)1-6(13,5(11)12)2-4(9)10;;/h3-5H,1-2H3,(H2,10,11);13H,1-2H2,(H,7,8)(H,9,10)(H,11,12);2*1H2. The molecule has 0 aliphatic heterocycles. The molecule has 26 heavy (non-hydrogen) atoms. The summed E-state index contributed by atoms with van der Waals surface area (Å²) in [7, 11) is 0. The van der Waals surface area contributed by atoms with E-state index in [1.54, 1.807) is 0 Å². The second kappa shape index (κ2) is 11.5. The number of carbonyl (C=O) groups excluding carboxylic acids is 1. The van der Waals surface area contributed by atoms with Gasteiger partial charge in [0.25, 0.3) is 0 Å². The largest absolute Gasteiger partial charge is 0.481 e. The maximum atomic E-state index is 10.9. The lowest BCUT2D eigenvalue weighted by Gasteiger charge is -2.18. The Morgan fingerprint density at radius 3 is 1.46 bits per heavy atom. The molecule has 0 radical (unpaired) electrons. The normalized spacial score (nSPS) is 9.50. The molecule has 10 N–H and O–H groups in total. The summed E-state index contributed by atoms with van der Waals surface area (Å²) < 4.78 is 0. The third kappa shape index (κ3) is 8.73. The molecule has 0 heterocycles. The third-order valence-corrected chi connectivity index (χ3v) is 3.01. The monoisotopic (exact) mass is 377 g/mol. The Kier molecular flexibility index (Phi) is 12.3. The van der Waals surface area contributed by atoms with Crippen molar-refractivity contribution in [3.63, 3.8) is 0 Å². The molecule has 1 aromatic rings. The van der Waals surface area contributed by atoms with Crippen molar-refractivity contribution in [1.82, 2.24) is 0 Å². The number of rotatable bonds is 6. The molecule has 1 rings (SSSR count). The molecule has 148 valence electrons. The number of hydrogen-bond donors (Lipinski definition) is 5. The Labute approximate surface area is 148 Å². The first-order valence-electron chi connectivity index (χ1n) is 6.66. The minimum atomic E-state index is -2.74. The van der Waals surface area contributed by atoms with Crippen molar-refractivity contribution in [2.45, 2.75) is 32.3 Å². The maximum absolute atomic E-state index is 10.9. The highest BCUT2D eigenvalue weighted by molar-refractivity contribution is 5.95. The molecule has 0 atom stereocenters. The summed E-state index contributed by atoms with van der Waals surface area (Å²) >= 11 is 0. The minimum absolute atomic E-state index is 0. The minimum Gasteiger partial charge on any atom is -0.481 e. The third-order valence-electron chi connectivity index (χ3n) is 3.01. The predicted molar refractivity (Wildman–Crippen MR) is 88.8 cm³/mol. The SMILES string of the molecule is Cc1cccc(C)c1C(N)=O.O.O.O=C(O)CC(O)(CC(=O)O)C(=O)O. The second-order valence-electron chi connectivity index (χ2n) is 5.11. The zero-order valence-corrected chi connectivity index (χ0v) is 14.1. The van der Waals surface area contributed by atoms with Gasteiger partial charge in [-0.15, -0.1) is 0 Å². The molecule has 0 aliphatic rings. The van der Waals surface area contributed by atoms with E-state index < -0.39 is 36.4 Å². The number of carbonyl (C=O) groups is 4. The van der Waals surface area contributed by atoms with E-state index in [0.29, 0.717) is 5.56 Å². The highest BCUT2D eigenvalue weighted by atomic mass is 16.4. The molecule has 0 fully saturated rings. The van der Waals surface area contributed by atoms with Gasteiger partial charge in [-0.3, -0.25) is 14.4 Å². The van der Waals surface area contributed by atoms with Gasteiger partial charge in [-0.1, -0.05) is 18.2 Å². The van der Waals surface area contributed by atoms with Gasteiger partial charge < -0.3 is 37.1 Å². The first-order chi connectivity index (χ1) is 10.9. The zero-order valence-electron chi connectivity index (χ0n) is 14.1. The number of aliphatic carboxylic acids is 3. The summed E-state index contributed by atoms with van der Waals surface area (Å²) in [4.78, 5) is 41.3. The topological polar surface area (TPSA) is 238 Å². The van der Waals surface area contributed by atoms with Crippen molar-refractivity contribution >= 4 is 23.8 Å². The van der Waals surface area contributed by atoms with E-state index in [4.69, 9.17) is 26.2 Å². The van der Waals surface area contributed by atoms with Crippen LogP contribution in [0.5, 0.6) is 0 Å². The van der Waals surface area contributed by atoms with Gasteiger partial charge in [-0.05, 0) is 25.0 Å². The highest BCUT2D eigenvalue weighted by Gasteiger charge is 2.40. The average molecular weight is 377 g/mol. The molecule has 0 spiro atoms. The smallest absolute Gasteiger partial charge is 0.336 e. The van der Waals surface area contributed by atoms with Crippen LogP contribution in [-0.4, -0.2) is 60.8 Å². The fraction of sp³-hybridized carbons (Fsp3) is 0.333. The van der Waals surface area contributed by atoms with Gasteiger partial charge in [0, 0.05) is 5.56 Å². The Bertz CT molecular complexity index is 620. The Morgan fingerprint density at radius 2 is 1.27 bits per heavy atom. The molecule has 0 saturated carbocycles. The number of nitrogens with two attached hydrogens (primary N) is 1. The van der Waals surface area contributed by atoms with Gasteiger partial charge >= 0.3 is 17.9 Å². The summed E-state index contributed by atoms with van der Waals surface area (Å²) in [5, 5.41) is 33.8. The summed E-state index contributed by atoms with van der Waals surface area (Å²) in [5.41, 5.74) is 4.97. The van der Waals surface area contributed by atoms with Crippen LogP contribution < -0.4 is 5.73 Å². The number of carboxylic acid groups (broad SMARTS) is 3. The Morgan fingerprint density at radius 1 is 0.923 bits per heavy atom. The van der Waals surface area contributed by atoms with E-state index in [9.17, 15) is 19.2 Å². The van der Waals surface area contributed by atoms with Crippen LogP contribution in [-0.2, 0) is 14.4 Å². The number of aliphatic hydroxyl groups is 1. The summed E-state index contributed by atoms with van der Waals surface area (Å²) in [6.07, 6.45) is -2.29. The maximum Gasteiger partial charge on any atom is 0.336 e. The van der Waals surface area contributed by atoms with Crippen LogP contribution in [0.4, 0.5) is 0 Å². The van der Waals surface area contributed by atoms with Gasteiger partial charge in [0.05, 0.1) is 12.8 Å². The summed E-state index contributed by atoms with van der Waals surface area (Å²) in [6.45, 7) is 3.76. The quantitative estimate of drug-likeness (QED) is 0.390. The van der Waals surface area contributed by atoms with Crippen LogP contribution in [0.15, 0.2) is 18.2 Å². The molecule has 0 saturated heterocycles. The molecule has 1 aromatic carbocycles. The number of carboxylic acids is 3. The molecule has 0 aliphatic carbocycles. The summed E-state index contributed by atoms with van der Waals surface area (Å²) in [5.74, 6) is -5.37. The zero-order chi connectivity index (χ0) is 19.1. The van der Waals surface area contributed by atoms with Gasteiger partial charge in [-0.2, -0.15) is 0 Å². The Balaban J connectivity index is -0.000000381. The van der Waals surface area contributed by atoms with Crippen LogP contribution in [0.25, 0.3) is 0 Å². The molecule has 0 bridgehead atoms. The number of primary amides is 1. The van der Waals surface area contributed by atoms with Gasteiger partial charge in [0.15, 0.2) is 5.60 Å². The van der Waals surface area contributed by atoms with Gasteiger partial charge in [-0.25, -0.2) is 4.79 Å². The summed E-state index contributed by atoms with van der Waals surface area (Å²) in [6, 6.07) is 5.68. The first kappa shape index (κ1) is 27.8. The molecule has 1 amide bonds. The van der Waals surface area contributed by atoms with E-state index >= 15 is 0 Å². The molecule has 0 aromatic heterocycles. The fourth-order valence-corrected chi connectivity index (χ4v) is 1.92. The fourth-order valence-electron chi connectivity index (χ4n) is 1.92. The molecular weight excluding hydrogens is 354 g/mol. The first-order valence-corrected chi connectivity index (χ1v) is 6.66. The van der Waals surface area contributed by atoms with E-state index in [-0.39, 0.29) is 16.9 Å². The lowest BCUT2D eigenvalue weighted by Crippen LogP contribution is -2.42. The lowest BCUT2D eigenvalue weighted by molar-refractivity contribution is -0.170. The molecule has 11 nitrogen and oxygen atoms in total. The van der Waals surface area contributed by atoms with Crippen LogP contribution in [0.2, 0.25) is 0 Å². The van der Waals surface area contributed by atoms with Crippen molar-refractivity contribution in [3.8, 4) is 0 Å². The van der Waals surface area contributed by atoms with Crippen molar-refractivity contribution < 1.29 is 50.6 Å². The van der Waals surface area contributed by atoms with Crippen molar-refractivity contribution in [1.29, 1.82) is 0 Å². The molecule has 11 heteroatoms. The molecular formula is C15H23NO10. The van der Waals surface area contributed by atoms with E-state index in [1.165, 1.54) is 0 Å². The van der Waals surface area contributed by atoms with Crippen molar-refractivity contribution in [3.05, 3.63) is 34.9 Å². The van der Waals surface area contributed by atoms with Gasteiger partial charge in [0.1, 0.15) is 0 Å². The van der Waals surface area contributed by atoms with E-state index in [2.05, 4.69) is 0 Å². The van der Waals surface area contributed by atoms with Crippen molar-refractivity contribution in [2.24, 2.45) is 5.73 Å². The van der Waals surface area contributed by atoms with Crippen molar-refractivity contribution in [2.75, 3.05) is 0 Å². The number of hydrogen-bond acceptors (Lipinski definition) is 5. The van der Waals surface area contributed by atoms with E-state index in [0.717, 1.165) is 11.1 Å². The number of aryl methyl sites for hydroxylation is 2. The number of amides is 1. The van der Waals surface area contributed by atoms with Crippen LogP contribution in [0.1, 0.15) is 34.3 Å². The second-order valence-corrected chi connectivity index (χ2v) is 5.11. The molecule has 0 unspecified atom stereocenters. The Hall–Kier alpha value is -3.02. The highest BCUT2D eigenvalue weighted by Crippen LogP contribution is 2.15. The van der Waals surface area contributed by atoms with Crippen LogP contribution in [0.3, 0.4) is 0 Å². The van der Waals surface area contributed by atoms with Gasteiger partial charge in [0.2, 0.25) is 5.91 Å². The lowest BCUT2D eigenvalue weighted by atomic mass is 9.96.